The summed E-state index contributed by atoms with van der Waals surface area (Å²) >= 11 is 0. The first-order chi connectivity index (χ1) is 11.7. The van der Waals surface area contributed by atoms with Crippen molar-refractivity contribution < 1.29 is 9.53 Å². The van der Waals surface area contributed by atoms with E-state index in [-0.39, 0.29) is 11.9 Å². The summed E-state index contributed by atoms with van der Waals surface area (Å²) in [6.07, 6.45) is 6.03. The van der Waals surface area contributed by atoms with Crippen LogP contribution in [0, 0.1) is 5.92 Å². The maximum absolute atomic E-state index is 12.5. The predicted molar refractivity (Wildman–Crippen MR) is 103 cm³/mol. The van der Waals surface area contributed by atoms with Gasteiger partial charge in [-0.1, -0.05) is 77.3 Å². The molecule has 0 spiro atoms. The van der Waals surface area contributed by atoms with E-state index in [2.05, 4.69) is 12.1 Å². The highest BCUT2D eigenvalue weighted by molar-refractivity contribution is 5.78. The van der Waals surface area contributed by atoms with Crippen LogP contribution in [0.5, 0.6) is 0 Å². The zero-order valence-electron chi connectivity index (χ0n) is 16.5. The number of hydrogen-bond donors (Lipinski definition) is 0. The van der Waals surface area contributed by atoms with Crippen LogP contribution in [-0.2, 0) is 9.53 Å². The number of benzene rings is 1. The Morgan fingerprint density at radius 1 is 1.04 bits per heavy atom. The van der Waals surface area contributed by atoms with Crippen LogP contribution >= 0.6 is 0 Å². The minimum Gasteiger partial charge on any atom is -0.449 e. The summed E-state index contributed by atoms with van der Waals surface area (Å²) in [6.45, 7) is 8.36. The van der Waals surface area contributed by atoms with Gasteiger partial charge in [0, 0.05) is 0 Å². The van der Waals surface area contributed by atoms with E-state index in [4.69, 9.17) is 4.74 Å². The lowest BCUT2D eigenvalue weighted by Gasteiger charge is -2.29. The second kappa shape index (κ2) is 14.0. The fraction of sp³-hybridized carbons (Fsp3) is 0.667. The average Bonchev–Trinajstić information content (AvgIpc) is 2.65. The van der Waals surface area contributed by atoms with Crippen LogP contribution in [0.15, 0.2) is 30.3 Å². The third kappa shape index (κ3) is 7.96. The number of carbonyl (C=O) groups excluding carboxylic acids is 1. The van der Waals surface area contributed by atoms with Crippen LogP contribution in [0.1, 0.15) is 71.3 Å². The molecule has 3 heteroatoms. The molecule has 3 nitrogen and oxygen atoms in total. The molecule has 0 bridgehead atoms. The van der Waals surface area contributed by atoms with E-state index in [1.54, 1.807) is 0 Å². The van der Waals surface area contributed by atoms with Crippen LogP contribution in [0.2, 0.25) is 0 Å². The highest BCUT2D eigenvalue weighted by atomic mass is 16.5. The van der Waals surface area contributed by atoms with Crippen LogP contribution in [0.3, 0.4) is 0 Å². The third-order valence-electron chi connectivity index (χ3n) is 4.00. The summed E-state index contributed by atoms with van der Waals surface area (Å²) in [5, 5.41) is 0. The average molecular weight is 336 g/mol. The number of carbonyl (C=O) groups is 1. The Hall–Kier alpha value is -1.35. The number of ether oxygens (including phenoxy) is 1. The first-order valence-corrected chi connectivity index (χ1v) is 9.55. The Morgan fingerprint density at radius 2 is 1.58 bits per heavy atom. The van der Waals surface area contributed by atoms with Crippen LogP contribution in [0.25, 0.3) is 0 Å². The van der Waals surface area contributed by atoms with E-state index < -0.39 is 0 Å². The first-order valence-electron chi connectivity index (χ1n) is 9.55. The molecule has 0 saturated heterocycles. The standard InChI is InChI=1S/C17H25NO2.2C2H6/c1-18(2)13-20-17(19)16(14-9-5-3-6-10-14)15-11-7-4-8-12-15;2*1-2/h3,5-6,9-10,15-16H,4,7-8,11-13H2,1-2H3;2*1-2H3. The summed E-state index contributed by atoms with van der Waals surface area (Å²) in [6, 6.07) is 10.1. The van der Waals surface area contributed by atoms with E-state index >= 15 is 0 Å². The maximum atomic E-state index is 12.5. The Bertz CT molecular complexity index is 411. The van der Waals surface area contributed by atoms with Gasteiger partial charge in [0.2, 0.25) is 0 Å². The molecule has 0 N–H and O–H groups in total. The van der Waals surface area contributed by atoms with Crippen molar-refractivity contribution in [3.63, 3.8) is 0 Å². The molecule has 0 aliphatic heterocycles. The summed E-state index contributed by atoms with van der Waals surface area (Å²) in [5.74, 6) is 0.258. The molecule has 0 radical (unpaired) electrons. The van der Waals surface area contributed by atoms with Gasteiger partial charge < -0.3 is 4.74 Å². The Balaban J connectivity index is 0.00000123. The van der Waals surface area contributed by atoms with E-state index in [0.29, 0.717) is 12.6 Å². The monoisotopic (exact) mass is 335 g/mol. The highest BCUT2D eigenvalue weighted by Gasteiger charge is 2.32. The molecule has 0 heterocycles. The molecule has 1 aromatic carbocycles. The van der Waals surface area contributed by atoms with Gasteiger partial charge in [-0.2, -0.15) is 0 Å². The smallest absolute Gasteiger partial charge is 0.315 e. The van der Waals surface area contributed by atoms with Crippen molar-refractivity contribution in [3.05, 3.63) is 35.9 Å². The summed E-state index contributed by atoms with van der Waals surface area (Å²) in [5.41, 5.74) is 1.10. The second-order valence-electron chi connectivity index (χ2n) is 5.96. The van der Waals surface area contributed by atoms with E-state index in [1.165, 1.54) is 19.3 Å². The molecule has 24 heavy (non-hydrogen) atoms. The van der Waals surface area contributed by atoms with Gasteiger partial charge in [0.1, 0.15) is 6.73 Å². The summed E-state index contributed by atoms with van der Waals surface area (Å²) in [4.78, 5) is 14.4. The van der Waals surface area contributed by atoms with E-state index in [1.807, 2.05) is 64.9 Å². The molecule has 0 aromatic heterocycles. The predicted octanol–water partition coefficient (Wildman–Crippen LogP) is 5.47. The van der Waals surface area contributed by atoms with Gasteiger partial charge in [0.05, 0.1) is 5.92 Å². The van der Waals surface area contributed by atoms with Gasteiger partial charge in [-0.15, -0.1) is 0 Å². The lowest BCUT2D eigenvalue weighted by molar-refractivity contribution is -0.151. The van der Waals surface area contributed by atoms with Gasteiger partial charge in [-0.05, 0) is 38.4 Å². The largest absolute Gasteiger partial charge is 0.449 e. The number of rotatable bonds is 5. The minimum absolute atomic E-state index is 0.0724. The molecule has 2 rings (SSSR count). The van der Waals surface area contributed by atoms with Crippen molar-refractivity contribution in [1.82, 2.24) is 4.90 Å². The van der Waals surface area contributed by atoms with Gasteiger partial charge in [0.25, 0.3) is 0 Å². The fourth-order valence-electron chi connectivity index (χ4n) is 3.01. The Kier molecular flexibility index (Phi) is 13.2. The van der Waals surface area contributed by atoms with E-state index in [0.717, 1.165) is 18.4 Å². The molecule has 1 aliphatic carbocycles. The van der Waals surface area contributed by atoms with Gasteiger partial charge in [-0.25, -0.2) is 0 Å². The molecule has 1 atom stereocenters. The quantitative estimate of drug-likeness (QED) is 0.528. The zero-order valence-corrected chi connectivity index (χ0v) is 16.5. The molecular formula is C21H37NO2. The fourth-order valence-corrected chi connectivity index (χ4v) is 3.01. The molecule has 1 aromatic rings. The molecular weight excluding hydrogens is 298 g/mol. The topological polar surface area (TPSA) is 29.5 Å². The van der Waals surface area contributed by atoms with E-state index in [9.17, 15) is 4.79 Å². The molecule has 1 aliphatic rings. The maximum Gasteiger partial charge on any atom is 0.315 e. The molecule has 138 valence electrons. The Morgan fingerprint density at radius 3 is 2.08 bits per heavy atom. The minimum atomic E-state index is -0.101. The number of hydrogen-bond acceptors (Lipinski definition) is 3. The van der Waals surface area contributed by atoms with Crippen LogP contribution < -0.4 is 0 Å². The molecule has 1 fully saturated rings. The van der Waals surface area contributed by atoms with Crippen molar-refractivity contribution in [2.24, 2.45) is 5.92 Å². The van der Waals surface area contributed by atoms with Crippen molar-refractivity contribution in [2.45, 2.75) is 65.7 Å². The van der Waals surface area contributed by atoms with Crippen molar-refractivity contribution in [3.8, 4) is 0 Å². The third-order valence-corrected chi connectivity index (χ3v) is 4.00. The molecule has 1 saturated carbocycles. The van der Waals surface area contributed by atoms with Crippen molar-refractivity contribution >= 4 is 5.97 Å². The van der Waals surface area contributed by atoms with Gasteiger partial charge in [0.15, 0.2) is 0 Å². The lowest BCUT2D eigenvalue weighted by atomic mass is 9.77. The second-order valence-corrected chi connectivity index (χ2v) is 5.96. The Labute approximate surface area is 149 Å². The van der Waals surface area contributed by atoms with Crippen molar-refractivity contribution in [2.75, 3.05) is 20.8 Å². The summed E-state index contributed by atoms with van der Waals surface area (Å²) < 4.78 is 5.46. The first kappa shape index (κ1) is 22.6. The normalized spacial score (nSPS) is 15.5. The van der Waals surface area contributed by atoms with Gasteiger partial charge in [-0.3, -0.25) is 9.69 Å². The SMILES string of the molecule is CC.CC.CN(C)COC(=O)C(c1ccccc1)C1CCCCC1. The molecule has 0 amide bonds. The number of nitrogens with zero attached hydrogens (tertiary/aromatic N) is 1. The van der Waals surface area contributed by atoms with Crippen LogP contribution in [-0.4, -0.2) is 31.7 Å². The zero-order chi connectivity index (χ0) is 18.4. The summed E-state index contributed by atoms with van der Waals surface area (Å²) in [7, 11) is 3.82. The molecule has 1 unspecified atom stereocenters. The highest BCUT2D eigenvalue weighted by Crippen LogP contribution is 2.36. The van der Waals surface area contributed by atoms with Crippen LogP contribution in [0.4, 0.5) is 0 Å². The lowest BCUT2D eigenvalue weighted by Crippen LogP contribution is -2.28. The number of esters is 1. The van der Waals surface area contributed by atoms with Gasteiger partial charge >= 0.3 is 5.97 Å². The van der Waals surface area contributed by atoms with Crippen molar-refractivity contribution in [1.29, 1.82) is 0 Å².